The molecule has 164 valence electrons. The zero-order valence-corrected chi connectivity index (χ0v) is 21.3. The monoisotopic (exact) mass is 555 g/mol. The topological polar surface area (TPSA) is 69.2 Å². The van der Waals surface area contributed by atoms with Crippen molar-refractivity contribution in [2.75, 3.05) is 64.3 Å². The first-order valence-electron chi connectivity index (χ1n) is 9.27. The van der Waals surface area contributed by atoms with Crippen LogP contribution in [-0.2, 0) is 4.79 Å². The molecule has 1 amide bonds. The van der Waals surface area contributed by atoms with Gasteiger partial charge in [0.25, 0.3) is 0 Å². The van der Waals surface area contributed by atoms with Crippen molar-refractivity contribution in [2.24, 2.45) is 4.99 Å². The first-order valence-corrected chi connectivity index (χ1v) is 11.0. The van der Waals surface area contributed by atoms with Crippen LogP contribution in [0.5, 0.6) is 5.75 Å². The maximum atomic E-state index is 11.9. The van der Waals surface area contributed by atoms with Gasteiger partial charge in [0.2, 0.25) is 5.91 Å². The van der Waals surface area contributed by atoms with Crippen LogP contribution in [0.2, 0.25) is 5.02 Å². The molecule has 0 radical (unpaired) electrons. The van der Waals surface area contributed by atoms with Gasteiger partial charge in [-0.2, -0.15) is 11.8 Å². The minimum atomic E-state index is -0.0253. The fraction of sp³-hybridized carbons (Fsp3) is 0.579. The zero-order valence-electron chi connectivity index (χ0n) is 17.4. The predicted octanol–water partition coefficient (Wildman–Crippen LogP) is 2.53. The molecule has 29 heavy (non-hydrogen) atoms. The molecule has 1 saturated heterocycles. The number of thioether (sulfide) groups is 1. The maximum absolute atomic E-state index is 11.9. The fourth-order valence-corrected chi connectivity index (χ4v) is 3.39. The number of anilines is 1. The molecule has 0 aliphatic carbocycles. The van der Waals surface area contributed by atoms with E-state index < -0.39 is 0 Å². The van der Waals surface area contributed by atoms with Crippen molar-refractivity contribution >= 4 is 64.9 Å². The average molecular weight is 556 g/mol. The third-order valence-corrected chi connectivity index (χ3v) is 5.33. The number of nitrogens with one attached hydrogen (secondary N) is 2. The van der Waals surface area contributed by atoms with E-state index in [2.05, 4.69) is 26.8 Å². The molecule has 2 N–H and O–H groups in total. The fourth-order valence-electron chi connectivity index (χ4n) is 2.91. The van der Waals surface area contributed by atoms with E-state index in [1.165, 1.54) is 0 Å². The molecule has 1 unspecified atom stereocenters. The molecule has 0 aromatic heterocycles. The van der Waals surface area contributed by atoms with E-state index >= 15 is 0 Å². The predicted molar refractivity (Wildman–Crippen MR) is 135 cm³/mol. The zero-order chi connectivity index (χ0) is 20.5. The van der Waals surface area contributed by atoms with Gasteiger partial charge in [0.1, 0.15) is 12.3 Å². The first kappa shape index (κ1) is 26.0. The number of ether oxygens (including phenoxy) is 1. The van der Waals surface area contributed by atoms with Crippen molar-refractivity contribution in [1.82, 2.24) is 15.5 Å². The number of likely N-dealkylation sites (N-methyl/N-ethyl adjacent to an activating group) is 1. The van der Waals surface area contributed by atoms with Crippen LogP contribution in [0.4, 0.5) is 5.69 Å². The molecule has 1 atom stereocenters. The van der Waals surface area contributed by atoms with Gasteiger partial charge in [-0.05, 0) is 30.9 Å². The summed E-state index contributed by atoms with van der Waals surface area (Å²) in [7, 11) is 5.14. The number of nitrogens with zero attached hydrogens (tertiary/aromatic N) is 3. The molecular formula is C19H31ClIN5O2S. The van der Waals surface area contributed by atoms with E-state index in [-0.39, 0.29) is 42.5 Å². The number of halogens is 2. The van der Waals surface area contributed by atoms with Crippen molar-refractivity contribution in [3.05, 3.63) is 23.2 Å². The van der Waals surface area contributed by atoms with Gasteiger partial charge in [0.05, 0.1) is 12.8 Å². The summed E-state index contributed by atoms with van der Waals surface area (Å²) < 4.78 is 5.48. The highest BCUT2D eigenvalue weighted by Crippen LogP contribution is 2.33. The molecule has 1 aliphatic heterocycles. The number of aliphatic imine (C=N–C) groups is 1. The third-order valence-electron chi connectivity index (χ3n) is 4.48. The number of methoxy groups -OCH3 is 1. The van der Waals surface area contributed by atoms with Crippen LogP contribution in [0.3, 0.4) is 0 Å². The quantitative estimate of drug-likeness (QED) is 0.222. The number of carbonyl (C=O) groups excluding carboxylic acids is 1. The van der Waals surface area contributed by atoms with Crippen molar-refractivity contribution < 1.29 is 9.53 Å². The molecule has 0 bridgehead atoms. The Hall–Kier alpha value is -1.07. The lowest BCUT2D eigenvalue weighted by Crippen LogP contribution is -2.45. The average Bonchev–Trinajstić information content (AvgIpc) is 3.14. The molecule has 10 heteroatoms. The number of guanidine groups is 1. The van der Waals surface area contributed by atoms with Crippen LogP contribution in [0.25, 0.3) is 0 Å². The number of hydrogen-bond donors (Lipinski definition) is 2. The van der Waals surface area contributed by atoms with E-state index in [0.29, 0.717) is 11.0 Å². The molecule has 1 aromatic carbocycles. The van der Waals surface area contributed by atoms with Crippen LogP contribution in [0.1, 0.15) is 6.42 Å². The summed E-state index contributed by atoms with van der Waals surface area (Å²) in [6.07, 6.45) is 3.02. The number of benzene rings is 1. The Bertz CT molecular complexity index is 693. The molecule has 1 heterocycles. The maximum Gasteiger partial charge on any atom is 0.243 e. The van der Waals surface area contributed by atoms with Crippen LogP contribution >= 0.6 is 47.3 Å². The lowest BCUT2D eigenvalue weighted by molar-refractivity contribution is -0.127. The molecule has 1 fully saturated rings. The molecule has 7 nitrogen and oxygen atoms in total. The van der Waals surface area contributed by atoms with Gasteiger partial charge >= 0.3 is 0 Å². The van der Waals surface area contributed by atoms with Crippen LogP contribution < -0.4 is 20.3 Å². The first-order chi connectivity index (χ1) is 13.4. The van der Waals surface area contributed by atoms with Gasteiger partial charge in [-0.1, -0.05) is 11.6 Å². The van der Waals surface area contributed by atoms with Gasteiger partial charge in [-0.3, -0.25) is 4.79 Å². The Morgan fingerprint density at radius 3 is 2.86 bits per heavy atom. The Balaban J connectivity index is 0.00000420. The van der Waals surface area contributed by atoms with E-state index in [1.807, 2.05) is 18.2 Å². The Labute approximate surface area is 200 Å². The smallest absolute Gasteiger partial charge is 0.243 e. The molecule has 0 spiro atoms. The van der Waals surface area contributed by atoms with Gasteiger partial charge in [0.15, 0.2) is 5.96 Å². The Morgan fingerprint density at radius 2 is 2.21 bits per heavy atom. The molecular weight excluding hydrogens is 525 g/mol. The van der Waals surface area contributed by atoms with Crippen molar-refractivity contribution in [2.45, 2.75) is 12.5 Å². The van der Waals surface area contributed by atoms with Gasteiger partial charge in [-0.15, -0.1) is 24.0 Å². The Morgan fingerprint density at radius 1 is 1.45 bits per heavy atom. The summed E-state index contributed by atoms with van der Waals surface area (Å²) in [6, 6.07) is 5.88. The number of carbonyl (C=O) groups is 1. The van der Waals surface area contributed by atoms with Crippen molar-refractivity contribution in [3.8, 4) is 5.75 Å². The van der Waals surface area contributed by atoms with E-state index in [0.717, 1.165) is 43.2 Å². The normalized spacial score (nSPS) is 16.2. The summed E-state index contributed by atoms with van der Waals surface area (Å²) in [4.78, 5) is 20.1. The summed E-state index contributed by atoms with van der Waals surface area (Å²) in [5.74, 6) is 2.43. The lowest BCUT2D eigenvalue weighted by Gasteiger charge is -2.22. The Kier molecular flexibility index (Phi) is 11.9. The van der Waals surface area contributed by atoms with E-state index in [4.69, 9.17) is 16.3 Å². The SMILES string of the molecule is COc1ccc(Cl)cc1N1CCC(NC(=NCC(=O)N(C)C)NCCSC)C1.I. The second-order valence-electron chi connectivity index (χ2n) is 6.76. The molecule has 2 rings (SSSR count). The van der Waals surface area contributed by atoms with Crippen molar-refractivity contribution in [3.63, 3.8) is 0 Å². The van der Waals surface area contributed by atoms with Crippen LogP contribution in [0, 0.1) is 0 Å². The highest BCUT2D eigenvalue weighted by molar-refractivity contribution is 14.0. The summed E-state index contributed by atoms with van der Waals surface area (Å²) in [5.41, 5.74) is 0.996. The van der Waals surface area contributed by atoms with E-state index in [9.17, 15) is 4.79 Å². The largest absolute Gasteiger partial charge is 0.495 e. The van der Waals surface area contributed by atoms with Gasteiger partial charge in [0, 0.05) is 50.5 Å². The minimum Gasteiger partial charge on any atom is -0.495 e. The van der Waals surface area contributed by atoms with Gasteiger partial charge < -0.3 is 25.2 Å². The number of rotatable bonds is 8. The lowest BCUT2D eigenvalue weighted by atomic mass is 10.2. The van der Waals surface area contributed by atoms with Crippen LogP contribution in [-0.4, -0.2) is 82.2 Å². The molecule has 1 aromatic rings. The van der Waals surface area contributed by atoms with Gasteiger partial charge in [-0.25, -0.2) is 4.99 Å². The standard InChI is InChI=1S/C19H30ClN5O2S.HI/c1-24(2)18(26)12-22-19(21-8-10-28-4)23-15-7-9-25(13-15)16-11-14(20)5-6-17(16)27-3;/h5-6,11,15H,7-10,12-13H2,1-4H3,(H2,21,22,23);1H. The summed E-state index contributed by atoms with van der Waals surface area (Å²) >= 11 is 7.94. The third kappa shape index (κ3) is 8.29. The van der Waals surface area contributed by atoms with Crippen molar-refractivity contribution in [1.29, 1.82) is 0 Å². The summed E-state index contributed by atoms with van der Waals surface area (Å²) in [5, 5.41) is 7.47. The minimum absolute atomic E-state index is 0. The number of amides is 1. The molecule has 1 aliphatic rings. The number of hydrogen-bond acceptors (Lipinski definition) is 5. The summed E-state index contributed by atoms with van der Waals surface area (Å²) in [6.45, 7) is 2.62. The highest BCUT2D eigenvalue weighted by Gasteiger charge is 2.25. The second kappa shape index (κ2) is 13.3. The highest BCUT2D eigenvalue weighted by atomic mass is 127. The molecule has 0 saturated carbocycles. The second-order valence-corrected chi connectivity index (χ2v) is 8.19. The van der Waals surface area contributed by atoms with E-state index in [1.54, 1.807) is 37.9 Å². The van der Waals surface area contributed by atoms with Crippen LogP contribution in [0.15, 0.2) is 23.2 Å².